The van der Waals surface area contributed by atoms with E-state index >= 15 is 0 Å². The quantitative estimate of drug-likeness (QED) is 0.679. The maximum absolute atomic E-state index is 12.0. The Kier molecular flexibility index (Phi) is 4.74. The number of hydrogen-bond donors (Lipinski definition) is 3. The minimum Gasteiger partial charge on any atom is -0.507 e. The second-order valence-corrected chi connectivity index (χ2v) is 4.11. The fraction of sp³-hybridized carbons (Fsp3) is 0.385. The van der Waals surface area contributed by atoms with Gasteiger partial charge in [0.15, 0.2) is 17.3 Å². The summed E-state index contributed by atoms with van der Waals surface area (Å²) in [7, 11) is 1.31. The van der Waals surface area contributed by atoms with E-state index in [9.17, 15) is 19.8 Å². The number of phenolic OH excluding ortho intramolecular Hbond substituents is 2. The second kappa shape index (κ2) is 6.08. The van der Waals surface area contributed by atoms with Crippen LogP contribution in [-0.4, -0.2) is 34.2 Å². The van der Waals surface area contributed by atoms with Gasteiger partial charge in [0.05, 0.1) is 18.6 Å². The van der Waals surface area contributed by atoms with E-state index in [4.69, 9.17) is 9.84 Å². The Morgan fingerprint density at radius 1 is 1.26 bits per heavy atom. The number of carbonyl (C=O) groups excluding carboxylic acids is 1. The van der Waals surface area contributed by atoms with Crippen LogP contribution in [0.2, 0.25) is 0 Å². The van der Waals surface area contributed by atoms with Crippen LogP contribution in [0, 0.1) is 5.92 Å². The standard InChI is InChI=1S/C13H16O6/c1-3-7(13(17)18)4-9(14)8-5-12(19-2)11(16)6-10(8)15/h5-7,15-16H,3-4H2,1-2H3,(H,17,18). The van der Waals surface area contributed by atoms with Gasteiger partial charge in [-0.25, -0.2) is 0 Å². The lowest BCUT2D eigenvalue weighted by Crippen LogP contribution is -2.17. The molecule has 104 valence electrons. The predicted octanol–water partition coefficient (Wildman–Crippen LogP) is 1.79. The smallest absolute Gasteiger partial charge is 0.306 e. The average molecular weight is 268 g/mol. The van der Waals surface area contributed by atoms with Gasteiger partial charge in [0.2, 0.25) is 0 Å². The number of rotatable bonds is 6. The number of ketones is 1. The molecule has 1 atom stereocenters. The third-order valence-corrected chi connectivity index (χ3v) is 2.87. The number of Topliss-reactive ketones (excluding diaryl/α,β-unsaturated/α-hetero) is 1. The van der Waals surface area contributed by atoms with Crippen LogP contribution >= 0.6 is 0 Å². The summed E-state index contributed by atoms with van der Waals surface area (Å²) in [6.07, 6.45) is 0.102. The molecule has 6 heteroatoms. The third kappa shape index (κ3) is 3.37. The molecule has 0 saturated carbocycles. The highest BCUT2D eigenvalue weighted by molar-refractivity contribution is 6.00. The van der Waals surface area contributed by atoms with Crippen LogP contribution in [0.4, 0.5) is 0 Å². The van der Waals surface area contributed by atoms with Crippen LogP contribution in [0.25, 0.3) is 0 Å². The molecule has 1 rings (SSSR count). The zero-order valence-corrected chi connectivity index (χ0v) is 10.7. The van der Waals surface area contributed by atoms with Crippen molar-refractivity contribution < 1.29 is 29.6 Å². The van der Waals surface area contributed by atoms with Crippen molar-refractivity contribution >= 4 is 11.8 Å². The van der Waals surface area contributed by atoms with Crippen molar-refractivity contribution in [1.82, 2.24) is 0 Å². The highest BCUT2D eigenvalue weighted by Crippen LogP contribution is 2.34. The third-order valence-electron chi connectivity index (χ3n) is 2.87. The van der Waals surface area contributed by atoms with Gasteiger partial charge in [0.25, 0.3) is 0 Å². The zero-order chi connectivity index (χ0) is 14.6. The van der Waals surface area contributed by atoms with Gasteiger partial charge in [0, 0.05) is 12.5 Å². The number of carbonyl (C=O) groups is 2. The average Bonchev–Trinajstić information content (AvgIpc) is 2.35. The van der Waals surface area contributed by atoms with Crippen molar-refractivity contribution in [1.29, 1.82) is 0 Å². The van der Waals surface area contributed by atoms with Crippen molar-refractivity contribution in [3.05, 3.63) is 17.7 Å². The molecule has 0 aliphatic carbocycles. The van der Waals surface area contributed by atoms with Crippen LogP contribution in [0.15, 0.2) is 12.1 Å². The monoisotopic (exact) mass is 268 g/mol. The number of aromatic hydroxyl groups is 2. The highest BCUT2D eigenvalue weighted by atomic mass is 16.5. The summed E-state index contributed by atoms with van der Waals surface area (Å²) in [5, 5.41) is 27.9. The van der Waals surface area contributed by atoms with E-state index in [1.54, 1.807) is 6.92 Å². The van der Waals surface area contributed by atoms with E-state index in [-0.39, 0.29) is 23.5 Å². The van der Waals surface area contributed by atoms with Gasteiger partial charge >= 0.3 is 5.97 Å². The van der Waals surface area contributed by atoms with Gasteiger partial charge in [-0.1, -0.05) is 6.92 Å². The molecule has 3 N–H and O–H groups in total. The number of hydrogen-bond acceptors (Lipinski definition) is 5. The largest absolute Gasteiger partial charge is 0.507 e. The van der Waals surface area contributed by atoms with Crippen molar-refractivity contribution in [3.8, 4) is 17.2 Å². The molecule has 0 fully saturated rings. The summed E-state index contributed by atoms with van der Waals surface area (Å²) < 4.78 is 4.84. The molecule has 0 radical (unpaired) electrons. The van der Waals surface area contributed by atoms with Crippen molar-refractivity contribution in [2.75, 3.05) is 7.11 Å². The number of carboxylic acid groups (broad SMARTS) is 1. The summed E-state index contributed by atoms with van der Waals surface area (Å²) in [4.78, 5) is 22.8. The van der Waals surface area contributed by atoms with Gasteiger partial charge in [-0.05, 0) is 12.5 Å². The minimum atomic E-state index is -1.05. The Labute approximate surface area is 110 Å². The number of benzene rings is 1. The molecule has 0 heterocycles. The molecular weight excluding hydrogens is 252 g/mol. The van der Waals surface area contributed by atoms with Gasteiger partial charge < -0.3 is 20.1 Å². The lowest BCUT2D eigenvalue weighted by atomic mass is 9.95. The van der Waals surface area contributed by atoms with Crippen LogP contribution in [0.1, 0.15) is 30.1 Å². The van der Waals surface area contributed by atoms with E-state index in [0.29, 0.717) is 6.42 Å². The lowest BCUT2D eigenvalue weighted by molar-refractivity contribution is -0.141. The molecule has 19 heavy (non-hydrogen) atoms. The van der Waals surface area contributed by atoms with Crippen LogP contribution in [0.5, 0.6) is 17.2 Å². The van der Waals surface area contributed by atoms with E-state index in [1.807, 2.05) is 0 Å². The van der Waals surface area contributed by atoms with Gasteiger partial charge in [-0.15, -0.1) is 0 Å². The fourth-order valence-electron chi connectivity index (χ4n) is 1.68. The molecule has 1 unspecified atom stereocenters. The maximum atomic E-state index is 12.0. The van der Waals surface area contributed by atoms with Crippen molar-refractivity contribution in [3.63, 3.8) is 0 Å². The molecule has 0 bridgehead atoms. The molecule has 0 aliphatic heterocycles. The number of aliphatic carboxylic acids is 1. The molecule has 6 nitrogen and oxygen atoms in total. The highest BCUT2D eigenvalue weighted by Gasteiger charge is 2.23. The maximum Gasteiger partial charge on any atom is 0.306 e. The topological polar surface area (TPSA) is 104 Å². The number of methoxy groups -OCH3 is 1. The van der Waals surface area contributed by atoms with Gasteiger partial charge in [-0.3, -0.25) is 9.59 Å². The summed E-state index contributed by atoms with van der Waals surface area (Å²) in [6, 6.07) is 2.19. The van der Waals surface area contributed by atoms with Gasteiger partial charge in [-0.2, -0.15) is 0 Å². The molecule has 0 amide bonds. The zero-order valence-electron chi connectivity index (χ0n) is 10.7. The number of carboxylic acids is 1. The number of ether oxygens (including phenoxy) is 1. The summed E-state index contributed by atoms with van der Waals surface area (Å²) in [5.74, 6) is -3.01. The molecule has 0 aliphatic rings. The van der Waals surface area contributed by atoms with Crippen LogP contribution in [0.3, 0.4) is 0 Å². The Morgan fingerprint density at radius 3 is 2.37 bits per heavy atom. The SMILES string of the molecule is CCC(CC(=O)c1cc(OC)c(O)cc1O)C(=O)O. The summed E-state index contributed by atoms with van der Waals surface area (Å²) in [6.45, 7) is 1.67. The Balaban J connectivity index is 3.02. The van der Waals surface area contributed by atoms with E-state index in [0.717, 1.165) is 6.07 Å². The first kappa shape index (κ1) is 14.8. The van der Waals surface area contributed by atoms with E-state index < -0.39 is 23.4 Å². The fourth-order valence-corrected chi connectivity index (χ4v) is 1.68. The normalized spacial score (nSPS) is 11.9. The predicted molar refractivity (Wildman–Crippen MR) is 66.7 cm³/mol. The molecule has 0 spiro atoms. The van der Waals surface area contributed by atoms with Gasteiger partial charge in [0.1, 0.15) is 5.75 Å². The molecule has 1 aromatic rings. The minimum absolute atomic E-state index is 0.0459. The van der Waals surface area contributed by atoms with Crippen LogP contribution < -0.4 is 4.74 Å². The molecule has 0 saturated heterocycles. The molecular formula is C13H16O6. The Bertz CT molecular complexity index is 494. The molecule has 1 aromatic carbocycles. The Morgan fingerprint density at radius 2 is 1.89 bits per heavy atom. The van der Waals surface area contributed by atoms with E-state index in [1.165, 1.54) is 13.2 Å². The first-order chi connectivity index (χ1) is 8.90. The second-order valence-electron chi connectivity index (χ2n) is 4.11. The van der Waals surface area contributed by atoms with Crippen LogP contribution in [-0.2, 0) is 4.79 Å². The molecule has 0 aromatic heterocycles. The summed E-state index contributed by atoms with van der Waals surface area (Å²) in [5.41, 5.74) is -0.0608. The number of phenols is 2. The van der Waals surface area contributed by atoms with Crippen molar-refractivity contribution in [2.24, 2.45) is 5.92 Å². The Hall–Kier alpha value is -2.24. The summed E-state index contributed by atoms with van der Waals surface area (Å²) >= 11 is 0. The van der Waals surface area contributed by atoms with Crippen molar-refractivity contribution in [2.45, 2.75) is 19.8 Å². The first-order valence-corrected chi connectivity index (χ1v) is 5.76. The van der Waals surface area contributed by atoms with E-state index in [2.05, 4.69) is 0 Å². The first-order valence-electron chi connectivity index (χ1n) is 5.76. The lowest BCUT2D eigenvalue weighted by Gasteiger charge is -2.11.